The lowest BCUT2D eigenvalue weighted by Crippen LogP contribution is -2.60. The Morgan fingerprint density at radius 3 is 2.82 bits per heavy atom. The average molecular weight is 159 g/mol. The Hall–Kier alpha value is -0.610. The summed E-state index contributed by atoms with van der Waals surface area (Å²) in [6.07, 6.45) is 1.56. The van der Waals surface area contributed by atoms with Crippen molar-refractivity contribution >= 4 is 5.97 Å². The Labute approximate surface area is 65.3 Å². The van der Waals surface area contributed by atoms with E-state index in [2.05, 4.69) is 0 Å². The van der Waals surface area contributed by atoms with Crippen LogP contribution in [-0.2, 0) is 9.53 Å². The van der Waals surface area contributed by atoms with Gasteiger partial charge in [0.15, 0.2) is 0 Å². The molecule has 0 saturated heterocycles. The first-order valence-corrected chi connectivity index (χ1v) is 3.62. The van der Waals surface area contributed by atoms with Gasteiger partial charge in [-0.3, -0.25) is 4.79 Å². The monoisotopic (exact) mass is 159 g/mol. The highest BCUT2D eigenvalue weighted by Crippen LogP contribution is 2.34. The third-order valence-electron chi connectivity index (χ3n) is 2.28. The molecule has 1 rings (SSSR count). The Bertz CT molecular complexity index is 169. The zero-order chi connectivity index (χ0) is 8.48. The second-order valence-corrected chi connectivity index (χ2v) is 3.07. The van der Waals surface area contributed by atoms with Crippen molar-refractivity contribution in [3.05, 3.63) is 0 Å². The van der Waals surface area contributed by atoms with Crippen molar-refractivity contribution in [1.29, 1.82) is 0 Å². The minimum Gasteiger partial charge on any atom is -0.481 e. The number of rotatable bonds is 3. The molecule has 0 aliphatic heterocycles. The third kappa shape index (κ3) is 1.52. The molecular formula is C7H13NO3. The van der Waals surface area contributed by atoms with Crippen molar-refractivity contribution in [3.8, 4) is 0 Å². The van der Waals surface area contributed by atoms with Crippen LogP contribution in [0, 0.1) is 0 Å². The maximum Gasteiger partial charge on any atom is 0.305 e. The molecule has 0 aromatic heterocycles. The van der Waals surface area contributed by atoms with Crippen LogP contribution < -0.4 is 5.73 Å². The Morgan fingerprint density at radius 2 is 2.55 bits per heavy atom. The molecule has 0 heterocycles. The molecule has 0 aromatic carbocycles. The van der Waals surface area contributed by atoms with Gasteiger partial charge >= 0.3 is 5.97 Å². The van der Waals surface area contributed by atoms with Crippen LogP contribution in [0.1, 0.15) is 19.3 Å². The minimum atomic E-state index is -0.853. The molecule has 0 aromatic rings. The zero-order valence-electron chi connectivity index (χ0n) is 6.54. The lowest BCUT2D eigenvalue weighted by Gasteiger charge is -2.44. The molecule has 1 aliphatic carbocycles. The molecule has 2 atom stereocenters. The maximum atomic E-state index is 10.3. The molecule has 1 saturated carbocycles. The van der Waals surface area contributed by atoms with Gasteiger partial charge in [0, 0.05) is 7.11 Å². The van der Waals surface area contributed by atoms with Crippen LogP contribution in [0.4, 0.5) is 0 Å². The lowest BCUT2D eigenvalue weighted by molar-refractivity contribution is -0.142. The summed E-state index contributed by atoms with van der Waals surface area (Å²) < 4.78 is 5.01. The number of hydrogen-bond acceptors (Lipinski definition) is 3. The van der Waals surface area contributed by atoms with Gasteiger partial charge in [-0.1, -0.05) is 0 Å². The van der Waals surface area contributed by atoms with Gasteiger partial charge in [-0.25, -0.2) is 0 Å². The first-order chi connectivity index (χ1) is 5.08. The summed E-state index contributed by atoms with van der Waals surface area (Å²) in [6, 6.07) is 0. The van der Waals surface area contributed by atoms with Crippen LogP contribution in [0.3, 0.4) is 0 Å². The third-order valence-corrected chi connectivity index (χ3v) is 2.28. The Balaban J connectivity index is 2.47. The molecule has 0 radical (unpaired) electrons. The number of carbonyl (C=O) groups is 1. The fraction of sp³-hybridized carbons (Fsp3) is 0.857. The number of ether oxygens (including phenoxy) is 1. The van der Waals surface area contributed by atoms with Gasteiger partial charge in [0.2, 0.25) is 0 Å². The average Bonchev–Trinajstić information content (AvgIpc) is 1.85. The number of carboxylic acids is 1. The summed E-state index contributed by atoms with van der Waals surface area (Å²) in [5, 5.41) is 8.49. The van der Waals surface area contributed by atoms with E-state index in [0.29, 0.717) is 0 Å². The van der Waals surface area contributed by atoms with Crippen LogP contribution in [0.15, 0.2) is 0 Å². The van der Waals surface area contributed by atoms with Crippen LogP contribution in [-0.4, -0.2) is 29.8 Å². The van der Waals surface area contributed by atoms with Crippen LogP contribution >= 0.6 is 0 Å². The van der Waals surface area contributed by atoms with Crippen molar-refractivity contribution in [1.82, 2.24) is 0 Å². The van der Waals surface area contributed by atoms with Gasteiger partial charge in [-0.2, -0.15) is 0 Å². The molecule has 64 valence electrons. The molecule has 1 aliphatic rings. The van der Waals surface area contributed by atoms with Gasteiger partial charge in [0.05, 0.1) is 18.1 Å². The summed E-state index contributed by atoms with van der Waals surface area (Å²) in [4.78, 5) is 10.3. The van der Waals surface area contributed by atoms with Crippen molar-refractivity contribution in [2.75, 3.05) is 7.11 Å². The number of carboxylic acid groups (broad SMARTS) is 1. The van der Waals surface area contributed by atoms with E-state index in [0.717, 1.165) is 12.8 Å². The van der Waals surface area contributed by atoms with E-state index in [1.54, 1.807) is 7.11 Å². The number of aliphatic carboxylic acids is 1. The second-order valence-electron chi connectivity index (χ2n) is 3.07. The normalized spacial score (nSPS) is 36.4. The summed E-state index contributed by atoms with van der Waals surface area (Å²) in [7, 11) is 1.56. The molecule has 0 bridgehead atoms. The molecule has 4 nitrogen and oxygen atoms in total. The Morgan fingerprint density at radius 1 is 1.91 bits per heavy atom. The molecule has 4 heteroatoms. The van der Waals surface area contributed by atoms with E-state index in [1.165, 1.54) is 0 Å². The van der Waals surface area contributed by atoms with E-state index in [9.17, 15) is 4.79 Å². The number of nitrogens with two attached hydrogens (primary N) is 1. The van der Waals surface area contributed by atoms with E-state index in [1.807, 2.05) is 0 Å². The summed E-state index contributed by atoms with van der Waals surface area (Å²) in [6.45, 7) is 0. The van der Waals surface area contributed by atoms with Crippen LogP contribution in [0.5, 0.6) is 0 Å². The van der Waals surface area contributed by atoms with Crippen molar-refractivity contribution in [2.45, 2.75) is 30.9 Å². The number of hydrogen-bond donors (Lipinski definition) is 2. The summed E-state index contributed by atoms with van der Waals surface area (Å²) in [5.74, 6) is -0.853. The highest BCUT2D eigenvalue weighted by molar-refractivity contribution is 5.68. The molecule has 1 fully saturated rings. The highest BCUT2D eigenvalue weighted by Gasteiger charge is 2.45. The predicted molar refractivity (Wildman–Crippen MR) is 39.2 cm³/mol. The topological polar surface area (TPSA) is 72.5 Å². The van der Waals surface area contributed by atoms with Gasteiger partial charge in [0.1, 0.15) is 0 Å². The first-order valence-electron chi connectivity index (χ1n) is 3.62. The summed E-state index contributed by atoms with van der Waals surface area (Å²) in [5.41, 5.74) is 5.14. The highest BCUT2D eigenvalue weighted by atomic mass is 16.5. The Kier molecular flexibility index (Phi) is 2.15. The molecular weight excluding hydrogens is 146 g/mol. The quantitative estimate of drug-likeness (QED) is 0.606. The van der Waals surface area contributed by atoms with E-state index in [-0.39, 0.29) is 12.5 Å². The lowest BCUT2D eigenvalue weighted by atomic mass is 9.72. The zero-order valence-corrected chi connectivity index (χ0v) is 6.54. The van der Waals surface area contributed by atoms with Gasteiger partial charge in [-0.05, 0) is 12.8 Å². The molecule has 11 heavy (non-hydrogen) atoms. The molecule has 3 N–H and O–H groups in total. The van der Waals surface area contributed by atoms with Crippen LogP contribution in [0.2, 0.25) is 0 Å². The largest absolute Gasteiger partial charge is 0.481 e. The number of methoxy groups -OCH3 is 1. The summed E-state index contributed by atoms with van der Waals surface area (Å²) >= 11 is 0. The molecule has 0 amide bonds. The van der Waals surface area contributed by atoms with Gasteiger partial charge in [0.25, 0.3) is 0 Å². The minimum absolute atomic E-state index is 0.00546. The first kappa shape index (κ1) is 8.49. The molecule has 2 unspecified atom stereocenters. The standard InChI is InChI=1S/C7H13NO3/c1-11-5-2-3-7(5,8)4-6(9)10/h5H,2-4,8H2,1H3,(H,9,10). The van der Waals surface area contributed by atoms with Crippen molar-refractivity contribution in [3.63, 3.8) is 0 Å². The van der Waals surface area contributed by atoms with Crippen LogP contribution in [0.25, 0.3) is 0 Å². The predicted octanol–water partition coefficient (Wildman–Crippen LogP) is -0.0326. The van der Waals surface area contributed by atoms with Crippen molar-refractivity contribution < 1.29 is 14.6 Å². The van der Waals surface area contributed by atoms with E-state index >= 15 is 0 Å². The SMILES string of the molecule is COC1CCC1(N)CC(=O)O. The van der Waals surface area contributed by atoms with Gasteiger partial charge in [-0.15, -0.1) is 0 Å². The molecule has 0 spiro atoms. The fourth-order valence-corrected chi connectivity index (χ4v) is 1.47. The van der Waals surface area contributed by atoms with E-state index < -0.39 is 11.5 Å². The smallest absolute Gasteiger partial charge is 0.305 e. The maximum absolute atomic E-state index is 10.3. The van der Waals surface area contributed by atoms with Gasteiger partial charge < -0.3 is 15.6 Å². The second kappa shape index (κ2) is 2.79. The van der Waals surface area contributed by atoms with E-state index in [4.69, 9.17) is 15.6 Å². The van der Waals surface area contributed by atoms with Crippen molar-refractivity contribution in [2.24, 2.45) is 5.73 Å². The fourth-order valence-electron chi connectivity index (χ4n) is 1.47.